The molecule has 0 saturated carbocycles. The van der Waals surface area contributed by atoms with Crippen LogP contribution >= 0.6 is 0 Å². The van der Waals surface area contributed by atoms with Crippen LogP contribution in [0, 0.1) is 5.92 Å². The number of alkyl carbamates (subject to hydrolysis) is 1. The molecule has 0 bridgehead atoms. The van der Waals surface area contributed by atoms with Crippen molar-refractivity contribution in [1.29, 1.82) is 0 Å². The number of hydrogen-bond acceptors (Lipinski definition) is 5. The zero-order chi connectivity index (χ0) is 22.3. The quantitative estimate of drug-likeness (QED) is 0.360. The largest absolute Gasteiger partial charge is 0.444 e. The van der Waals surface area contributed by atoms with E-state index in [-0.39, 0.29) is 23.6 Å². The molecule has 2 unspecified atom stereocenters. The van der Waals surface area contributed by atoms with Gasteiger partial charge in [0.05, 0.1) is 12.2 Å². The molecule has 168 valence electrons. The van der Waals surface area contributed by atoms with Crippen LogP contribution in [0.3, 0.4) is 0 Å². The van der Waals surface area contributed by atoms with Gasteiger partial charge in [-0.2, -0.15) is 0 Å². The van der Waals surface area contributed by atoms with E-state index in [2.05, 4.69) is 19.2 Å². The summed E-state index contributed by atoms with van der Waals surface area (Å²) in [6.45, 7) is 14.4. The predicted molar refractivity (Wildman–Crippen MR) is 119 cm³/mol. The van der Waals surface area contributed by atoms with Gasteiger partial charge in [-0.25, -0.2) is 4.79 Å². The highest BCUT2D eigenvalue weighted by molar-refractivity contribution is 6.72. The third kappa shape index (κ3) is 9.93. The van der Waals surface area contributed by atoms with E-state index >= 15 is 0 Å². The third-order valence-corrected chi connectivity index (χ3v) is 9.09. The normalized spacial score (nSPS) is 21.1. The average Bonchev–Trinajstić information content (AvgIpc) is 2.55. The molecule has 7 heteroatoms. The molecule has 0 aromatic rings. The fourth-order valence-electron chi connectivity index (χ4n) is 2.98. The van der Waals surface area contributed by atoms with Crippen molar-refractivity contribution in [2.45, 2.75) is 89.8 Å². The molecule has 0 aromatic heterocycles. The van der Waals surface area contributed by atoms with Gasteiger partial charge in [-0.1, -0.05) is 38.2 Å². The van der Waals surface area contributed by atoms with Crippen LogP contribution < -0.4 is 5.32 Å². The molecular weight excluding hydrogens is 386 g/mol. The maximum Gasteiger partial charge on any atom is 0.407 e. The highest BCUT2D eigenvalue weighted by Gasteiger charge is 2.37. The van der Waals surface area contributed by atoms with Gasteiger partial charge in [0.2, 0.25) is 0 Å². The minimum atomic E-state index is -2.20. The van der Waals surface area contributed by atoms with E-state index in [1.54, 1.807) is 20.8 Å². The van der Waals surface area contributed by atoms with Crippen LogP contribution in [0.5, 0.6) is 0 Å². The van der Waals surface area contributed by atoms with Crippen molar-refractivity contribution in [3.63, 3.8) is 0 Å². The second kappa shape index (κ2) is 10.7. The second-order valence-corrected chi connectivity index (χ2v) is 14.6. The van der Waals surface area contributed by atoms with E-state index in [0.29, 0.717) is 13.0 Å². The number of rotatable bonds is 10. The molecule has 1 amide bonds. The van der Waals surface area contributed by atoms with Crippen LogP contribution in [-0.4, -0.2) is 55.3 Å². The molecular formula is C22H41NO5Si. The Balaban J connectivity index is 2.42. The first-order valence-corrected chi connectivity index (χ1v) is 13.5. The van der Waals surface area contributed by atoms with Crippen LogP contribution in [0.25, 0.3) is 0 Å². The van der Waals surface area contributed by atoms with Crippen molar-refractivity contribution in [1.82, 2.24) is 5.32 Å². The molecule has 3 atom stereocenters. The standard InChI is InChI=1S/C22H41NO5Si/c1-21(2,3)28-20(25)23-16-18(24)15-17-11-8-9-12-19(17)27-14-10-13-22(4,5)29(6,7)26/h8-9,11-12,17-19,24,26H,10,13-16H2,1-7H3,(H,23,25)/t17?,18-,19?/m0/s1. The van der Waals surface area contributed by atoms with Crippen molar-refractivity contribution in [2.24, 2.45) is 5.92 Å². The Morgan fingerprint density at radius 2 is 1.79 bits per heavy atom. The molecule has 29 heavy (non-hydrogen) atoms. The van der Waals surface area contributed by atoms with E-state index in [1.807, 2.05) is 37.4 Å². The highest BCUT2D eigenvalue weighted by atomic mass is 28.4. The Kier molecular flexibility index (Phi) is 9.59. The summed E-state index contributed by atoms with van der Waals surface area (Å²) in [6.07, 6.45) is 8.94. The van der Waals surface area contributed by atoms with Crippen molar-refractivity contribution in [3.05, 3.63) is 24.3 Å². The van der Waals surface area contributed by atoms with Crippen LogP contribution in [-0.2, 0) is 9.47 Å². The van der Waals surface area contributed by atoms with Gasteiger partial charge < -0.3 is 24.7 Å². The van der Waals surface area contributed by atoms with E-state index in [0.717, 1.165) is 12.8 Å². The van der Waals surface area contributed by atoms with Gasteiger partial charge in [-0.05, 0) is 58.2 Å². The lowest BCUT2D eigenvalue weighted by atomic mass is 9.91. The predicted octanol–water partition coefficient (Wildman–Crippen LogP) is 4.15. The minimum Gasteiger partial charge on any atom is -0.444 e. The Morgan fingerprint density at radius 3 is 2.38 bits per heavy atom. The summed E-state index contributed by atoms with van der Waals surface area (Å²) in [4.78, 5) is 22.1. The number of ether oxygens (including phenoxy) is 2. The molecule has 1 aliphatic carbocycles. The molecule has 0 spiro atoms. The van der Waals surface area contributed by atoms with Crippen molar-refractivity contribution in [3.8, 4) is 0 Å². The average molecular weight is 428 g/mol. The molecule has 0 fully saturated rings. The molecule has 3 N–H and O–H groups in total. The summed E-state index contributed by atoms with van der Waals surface area (Å²) in [6, 6.07) is 0. The molecule has 0 radical (unpaired) electrons. The van der Waals surface area contributed by atoms with Crippen LogP contribution in [0.1, 0.15) is 53.9 Å². The Labute approximate surface area is 177 Å². The van der Waals surface area contributed by atoms with E-state index < -0.39 is 26.1 Å². The molecule has 1 aliphatic rings. The van der Waals surface area contributed by atoms with Crippen LogP contribution in [0.4, 0.5) is 4.79 Å². The summed E-state index contributed by atoms with van der Waals surface area (Å²) < 4.78 is 11.3. The summed E-state index contributed by atoms with van der Waals surface area (Å²) >= 11 is 0. The van der Waals surface area contributed by atoms with E-state index in [1.165, 1.54) is 0 Å². The van der Waals surface area contributed by atoms with Crippen molar-refractivity contribution < 1.29 is 24.2 Å². The summed E-state index contributed by atoms with van der Waals surface area (Å²) in [5.41, 5.74) is -0.562. The molecule has 0 aromatic carbocycles. The number of carbonyl (C=O) groups is 1. The summed E-state index contributed by atoms with van der Waals surface area (Å²) in [5.74, 6) is 0.0482. The van der Waals surface area contributed by atoms with Crippen LogP contribution in [0.15, 0.2) is 24.3 Å². The molecule has 1 rings (SSSR count). The fourth-order valence-corrected chi connectivity index (χ4v) is 3.77. The highest BCUT2D eigenvalue weighted by Crippen LogP contribution is 2.39. The fraction of sp³-hybridized carbons (Fsp3) is 0.773. The Bertz CT molecular complexity index is 575. The Morgan fingerprint density at radius 1 is 1.17 bits per heavy atom. The van der Waals surface area contributed by atoms with Crippen LogP contribution in [0.2, 0.25) is 18.1 Å². The number of aliphatic hydroxyl groups excluding tert-OH is 1. The number of hydrogen-bond donors (Lipinski definition) is 3. The van der Waals surface area contributed by atoms with Gasteiger partial charge in [0.25, 0.3) is 0 Å². The number of aliphatic hydroxyl groups is 1. The lowest BCUT2D eigenvalue weighted by molar-refractivity contribution is 0.0308. The van der Waals surface area contributed by atoms with E-state index in [4.69, 9.17) is 9.47 Å². The lowest BCUT2D eigenvalue weighted by Gasteiger charge is -2.35. The van der Waals surface area contributed by atoms with Gasteiger partial charge in [0, 0.05) is 19.1 Å². The van der Waals surface area contributed by atoms with Gasteiger partial charge in [-0.15, -0.1) is 0 Å². The molecule has 0 saturated heterocycles. The van der Waals surface area contributed by atoms with Gasteiger partial charge in [0.1, 0.15) is 5.60 Å². The molecule has 0 aliphatic heterocycles. The Hall–Kier alpha value is -1.15. The monoisotopic (exact) mass is 427 g/mol. The zero-order valence-electron chi connectivity index (χ0n) is 19.2. The SMILES string of the molecule is CC(C)(C)OC(=O)NC[C@@H](O)CC1C=CC=CC1OCCCC(C)(C)[Si](C)(C)O. The number of allylic oxidation sites excluding steroid dienone is 2. The van der Waals surface area contributed by atoms with E-state index in [9.17, 15) is 14.7 Å². The maximum atomic E-state index is 11.7. The lowest BCUT2D eigenvalue weighted by Crippen LogP contribution is -2.39. The molecule has 0 heterocycles. The number of nitrogens with one attached hydrogen (secondary N) is 1. The second-order valence-electron chi connectivity index (χ2n) is 10.1. The third-order valence-electron chi connectivity index (χ3n) is 5.53. The topological polar surface area (TPSA) is 88.0 Å². The van der Waals surface area contributed by atoms with Gasteiger partial charge in [-0.3, -0.25) is 0 Å². The van der Waals surface area contributed by atoms with Crippen molar-refractivity contribution >= 4 is 14.4 Å². The van der Waals surface area contributed by atoms with Gasteiger partial charge in [0.15, 0.2) is 8.32 Å². The zero-order valence-corrected chi connectivity index (χ0v) is 20.2. The first-order valence-electron chi connectivity index (χ1n) is 10.6. The maximum absolute atomic E-state index is 11.7. The molecule has 6 nitrogen and oxygen atoms in total. The van der Waals surface area contributed by atoms with Crippen molar-refractivity contribution in [2.75, 3.05) is 13.2 Å². The smallest absolute Gasteiger partial charge is 0.407 e. The number of amides is 1. The minimum absolute atomic E-state index is 0.0482. The van der Waals surface area contributed by atoms with Gasteiger partial charge >= 0.3 is 6.09 Å². The first kappa shape index (κ1) is 25.9. The first-order chi connectivity index (χ1) is 13.2. The summed E-state index contributed by atoms with van der Waals surface area (Å²) in [5, 5.41) is 12.9. The summed E-state index contributed by atoms with van der Waals surface area (Å²) in [7, 11) is -2.20. The number of carbonyl (C=O) groups excluding carboxylic acids is 1.